The largest absolute Gasteiger partial charge is 0.466 e. The van der Waals surface area contributed by atoms with Crippen molar-refractivity contribution >= 4 is 33.3 Å². The molecule has 1 aliphatic carbocycles. The van der Waals surface area contributed by atoms with Gasteiger partial charge in [-0.05, 0) is 58.3 Å². The van der Waals surface area contributed by atoms with Crippen LogP contribution >= 0.6 is 11.3 Å². The van der Waals surface area contributed by atoms with Crippen LogP contribution in [0.15, 0.2) is 4.79 Å². The van der Waals surface area contributed by atoms with Crippen LogP contribution in [-0.4, -0.2) is 64.2 Å². The molecule has 33 heavy (non-hydrogen) atoms. The van der Waals surface area contributed by atoms with Crippen molar-refractivity contribution in [2.75, 3.05) is 37.7 Å². The van der Waals surface area contributed by atoms with Gasteiger partial charge in [-0.3, -0.25) is 14.4 Å². The summed E-state index contributed by atoms with van der Waals surface area (Å²) in [7, 11) is 0. The third kappa shape index (κ3) is 4.37. The molecule has 10 heteroatoms. The van der Waals surface area contributed by atoms with Crippen LogP contribution in [0.25, 0.3) is 4.96 Å². The summed E-state index contributed by atoms with van der Waals surface area (Å²) in [4.78, 5) is 47.3. The number of aryl methyl sites for hydroxylation is 1. The molecule has 2 aromatic rings. The molecule has 0 unspecified atom stereocenters. The van der Waals surface area contributed by atoms with E-state index in [0.717, 1.165) is 68.0 Å². The third-order valence-electron chi connectivity index (χ3n) is 7.21. The smallest absolute Gasteiger partial charge is 0.309 e. The molecule has 9 nitrogen and oxygen atoms in total. The summed E-state index contributed by atoms with van der Waals surface area (Å²) in [5.74, 6) is -0.0180. The number of rotatable bonds is 4. The number of ether oxygens (including phenoxy) is 1. The van der Waals surface area contributed by atoms with Gasteiger partial charge in [0.25, 0.3) is 5.56 Å². The average Bonchev–Trinajstić information content (AvgIpc) is 3.28. The summed E-state index contributed by atoms with van der Waals surface area (Å²) in [6.45, 7) is 4.95. The van der Waals surface area contributed by atoms with Crippen LogP contribution in [0, 0.1) is 11.8 Å². The minimum atomic E-state index is -0.136. The van der Waals surface area contributed by atoms with E-state index in [0.29, 0.717) is 37.5 Å². The van der Waals surface area contributed by atoms with Crippen LogP contribution < -0.4 is 10.5 Å². The zero-order valence-corrected chi connectivity index (χ0v) is 19.9. The number of likely N-dealkylation sites (tertiary alicyclic amines) is 1. The normalized spacial score (nSPS) is 20.2. The molecule has 0 aromatic carbocycles. The molecule has 0 radical (unpaired) electrons. The highest BCUT2D eigenvalue weighted by atomic mass is 32.1. The fourth-order valence-corrected chi connectivity index (χ4v) is 6.23. The third-order valence-corrected chi connectivity index (χ3v) is 8.18. The second-order valence-corrected chi connectivity index (χ2v) is 10.2. The van der Waals surface area contributed by atoms with Gasteiger partial charge < -0.3 is 14.5 Å². The van der Waals surface area contributed by atoms with E-state index in [-0.39, 0.29) is 29.3 Å². The van der Waals surface area contributed by atoms with Gasteiger partial charge >= 0.3 is 5.97 Å². The monoisotopic (exact) mass is 473 g/mol. The Morgan fingerprint density at radius 1 is 1.03 bits per heavy atom. The Bertz CT molecular complexity index is 1100. The van der Waals surface area contributed by atoms with Crippen LogP contribution in [-0.2, 0) is 27.2 Å². The minimum Gasteiger partial charge on any atom is -0.466 e. The van der Waals surface area contributed by atoms with Crippen LogP contribution in [0.1, 0.15) is 56.7 Å². The van der Waals surface area contributed by atoms with Gasteiger partial charge in [-0.2, -0.15) is 4.52 Å². The van der Waals surface area contributed by atoms with E-state index in [1.54, 1.807) is 0 Å². The number of amides is 1. The number of hydrogen-bond acceptors (Lipinski definition) is 8. The lowest BCUT2D eigenvalue weighted by Crippen LogP contribution is -2.46. The van der Waals surface area contributed by atoms with Gasteiger partial charge in [0.1, 0.15) is 0 Å². The molecule has 0 saturated carbocycles. The van der Waals surface area contributed by atoms with Gasteiger partial charge in [-0.25, -0.2) is 4.98 Å². The summed E-state index contributed by atoms with van der Waals surface area (Å²) < 4.78 is 6.59. The molecule has 1 amide bonds. The zero-order valence-electron chi connectivity index (χ0n) is 19.1. The standard InChI is InChI=1S/C23H31N5O4S/c1-2-32-21(31)16-9-11-26(12-10-16)19(29)15-7-13-27(14-8-15)23-25-28-20(30)17-5-3-4-6-18(17)24-22(28)33-23/h15-16H,2-14H2,1H3. The molecule has 2 aromatic heterocycles. The van der Waals surface area contributed by atoms with Crippen LogP contribution in [0.2, 0.25) is 0 Å². The summed E-state index contributed by atoms with van der Waals surface area (Å²) >= 11 is 1.46. The van der Waals surface area contributed by atoms with Gasteiger partial charge in [-0.15, -0.1) is 5.10 Å². The summed E-state index contributed by atoms with van der Waals surface area (Å²) in [5.41, 5.74) is 1.75. The topological polar surface area (TPSA) is 97.1 Å². The van der Waals surface area contributed by atoms with Crippen molar-refractivity contribution < 1.29 is 14.3 Å². The Balaban J connectivity index is 1.20. The Morgan fingerprint density at radius 3 is 2.45 bits per heavy atom. The van der Waals surface area contributed by atoms with Crippen molar-refractivity contribution in [3.63, 3.8) is 0 Å². The van der Waals surface area contributed by atoms with E-state index in [2.05, 4.69) is 10.00 Å². The van der Waals surface area contributed by atoms with Crippen LogP contribution in [0.3, 0.4) is 0 Å². The van der Waals surface area contributed by atoms with E-state index < -0.39 is 0 Å². The second-order valence-electron chi connectivity index (χ2n) is 9.24. The molecular weight excluding hydrogens is 442 g/mol. The molecule has 2 aliphatic heterocycles. The van der Waals surface area contributed by atoms with E-state index in [1.807, 2.05) is 11.8 Å². The number of piperidine rings is 2. The number of esters is 1. The first-order chi connectivity index (χ1) is 16.0. The molecule has 0 spiro atoms. The summed E-state index contributed by atoms with van der Waals surface area (Å²) in [6.07, 6.45) is 6.69. The zero-order chi connectivity index (χ0) is 22.9. The fourth-order valence-electron chi connectivity index (χ4n) is 5.26. The molecule has 2 saturated heterocycles. The van der Waals surface area contributed by atoms with Gasteiger partial charge in [0, 0.05) is 37.7 Å². The molecule has 0 N–H and O–H groups in total. The highest BCUT2D eigenvalue weighted by molar-refractivity contribution is 7.20. The molecule has 3 aliphatic rings. The first-order valence-corrected chi connectivity index (χ1v) is 13.0. The predicted octanol–water partition coefficient (Wildman–Crippen LogP) is 2.05. The Kier molecular flexibility index (Phi) is 6.36. The summed E-state index contributed by atoms with van der Waals surface area (Å²) in [5, 5.41) is 5.40. The number of fused-ring (bicyclic) bond motifs is 2. The maximum absolute atomic E-state index is 13.1. The molecule has 178 valence electrons. The first-order valence-electron chi connectivity index (χ1n) is 12.2. The van der Waals surface area contributed by atoms with E-state index in [1.165, 1.54) is 15.9 Å². The van der Waals surface area contributed by atoms with E-state index in [4.69, 9.17) is 9.72 Å². The quantitative estimate of drug-likeness (QED) is 0.627. The molecular formula is C23H31N5O4S. The number of nitrogens with zero attached hydrogens (tertiary/aromatic N) is 5. The molecule has 0 bridgehead atoms. The maximum Gasteiger partial charge on any atom is 0.309 e. The van der Waals surface area contributed by atoms with Crippen molar-refractivity contribution in [2.45, 2.75) is 58.3 Å². The van der Waals surface area contributed by atoms with Crippen LogP contribution in [0.5, 0.6) is 0 Å². The van der Waals surface area contributed by atoms with Crippen molar-refractivity contribution in [3.8, 4) is 0 Å². The highest BCUT2D eigenvalue weighted by Crippen LogP contribution is 2.30. The van der Waals surface area contributed by atoms with Crippen molar-refractivity contribution in [3.05, 3.63) is 21.6 Å². The van der Waals surface area contributed by atoms with Crippen molar-refractivity contribution in [1.82, 2.24) is 19.5 Å². The maximum atomic E-state index is 13.1. The Hall–Kier alpha value is -2.49. The van der Waals surface area contributed by atoms with Gasteiger partial charge in [0.15, 0.2) is 0 Å². The van der Waals surface area contributed by atoms with Gasteiger partial charge in [0.05, 0.1) is 18.2 Å². The second kappa shape index (κ2) is 9.40. The van der Waals surface area contributed by atoms with Crippen LogP contribution in [0.4, 0.5) is 5.13 Å². The lowest BCUT2D eigenvalue weighted by atomic mass is 9.92. The van der Waals surface area contributed by atoms with E-state index in [9.17, 15) is 14.4 Å². The number of carbonyl (C=O) groups is 2. The van der Waals surface area contributed by atoms with Crippen molar-refractivity contribution in [2.24, 2.45) is 11.8 Å². The number of aromatic nitrogens is 3. The Morgan fingerprint density at radius 2 is 1.73 bits per heavy atom. The average molecular weight is 474 g/mol. The number of carbonyl (C=O) groups excluding carboxylic acids is 2. The highest BCUT2D eigenvalue weighted by Gasteiger charge is 2.33. The lowest BCUT2D eigenvalue weighted by molar-refractivity contribution is -0.151. The lowest BCUT2D eigenvalue weighted by Gasteiger charge is -2.36. The fraction of sp³-hybridized carbons (Fsp3) is 0.696. The minimum absolute atomic E-state index is 0.00272. The van der Waals surface area contributed by atoms with E-state index >= 15 is 0 Å². The van der Waals surface area contributed by atoms with Gasteiger partial charge in [0.2, 0.25) is 16.0 Å². The first kappa shape index (κ1) is 22.3. The predicted molar refractivity (Wildman–Crippen MR) is 125 cm³/mol. The molecule has 5 rings (SSSR count). The Labute approximate surface area is 196 Å². The molecule has 0 atom stereocenters. The van der Waals surface area contributed by atoms with Crippen molar-refractivity contribution in [1.29, 1.82) is 0 Å². The SMILES string of the molecule is CCOC(=O)C1CCN(C(=O)C2CCN(c3nn4c(=O)c5c(nc4s3)CCCC5)CC2)CC1. The molecule has 2 fully saturated rings. The molecule has 4 heterocycles. The number of anilines is 1. The van der Waals surface area contributed by atoms with Gasteiger partial charge in [-0.1, -0.05) is 11.3 Å². The number of hydrogen-bond donors (Lipinski definition) is 0. The summed E-state index contributed by atoms with van der Waals surface area (Å²) in [6, 6.07) is 0.